The zero-order chi connectivity index (χ0) is 11.1. The molecule has 0 fully saturated rings. The molecule has 1 atom stereocenters. The molecule has 1 aliphatic rings. The van der Waals surface area contributed by atoms with Crippen molar-refractivity contribution in [3.05, 3.63) is 28.9 Å². The van der Waals surface area contributed by atoms with E-state index in [0.29, 0.717) is 0 Å². The van der Waals surface area contributed by atoms with Crippen LogP contribution >= 0.6 is 11.3 Å². The predicted octanol–water partition coefficient (Wildman–Crippen LogP) is 2.19. The van der Waals surface area contributed by atoms with Gasteiger partial charge in [-0.25, -0.2) is 4.98 Å². The highest BCUT2D eigenvalue weighted by atomic mass is 32.1. The third-order valence-corrected chi connectivity index (χ3v) is 4.05. The second kappa shape index (κ2) is 3.71. The fourth-order valence-corrected chi connectivity index (χ4v) is 3.08. The number of hydrogen-bond donors (Lipinski definition) is 1. The third kappa shape index (κ3) is 1.49. The normalized spacial score (nSPS) is 19.8. The largest absolute Gasteiger partial charge is 0.326 e. The summed E-state index contributed by atoms with van der Waals surface area (Å²) in [6.07, 6.45) is 2.14. The van der Waals surface area contributed by atoms with Crippen LogP contribution in [0.3, 0.4) is 0 Å². The number of nitrogens with two attached hydrogens (primary N) is 1. The van der Waals surface area contributed by atoms with Crippen LogP contribution in [0, 0.1) is 6.92 Å². The van der Waals surface area contributed by atoms with Gasteiger partial charge in [-0.15, -0.1) is 11.3 Å². The Bertz CT molecular complexity index is 499. The molecule has 0 aromatic carbocycles. The molecule has 2 aromatic heterocycles. The highest BCUT2D eigenvalue weighted by Crippen LogP contribution is 2.29. The minimum absolute atomic E-state index is 0.278. The maximum absolute atomic E-state index is 6.04. The van der Waals surface area contributed by atoms with Crippen molar-refractivity contribution in [3.8, 4) is 10.7 Å². The smallest absolute Gasteiger partial charge is 0.150 e. The van der Waals surface area contributed by atoms with Gasteiger partial charge in [0.15, 0.2) is 5.82 Å². The van der Waals surface area contributed by atoms with Crippen LogP contribution in [0.25, 0.3) is 10.7 Å². The fourth-order valence-electron chi connectivity index (χ4n) is 2.36. The lowest BCUT2D eigenvalue weighted by Gasteiger charge is -2.22. The topological polar surface area (TPSA) is 43.8 Å². The van der Waals surface area contributed by atoms with E-state index in [1.165, 1.54) is 10.6 Å². The summed E-state index contributed by atoms with van der Waals surface area (Å²) in [6.45, 7) is 3.00. The van der Waals surface area contributed by atoms with Crippen LogP contribution in [0.4, 0.5) is 0 Å². The van der Waals surface area contributed by atoms with Crippen molar-refractivity contribution in [1.82, 2.24) is 9.55 Å². The van der Waals surface area contributed by atoms with Crippen molar-refractivity contribution in [2.75, 3.05) is 0 Å². The molecule has 4 heteroatoms. The number of fused-ring (bicyclic) bond motifs is 1. The number of nitrogens with zero attached hydrogens (tertiary/aromatic N) is 2. The SMILES string of the molecule is Cc1nc(-c2cccs2)n2c1CCC(N)C2. The molecular formula is C12H15N3S. The zero-order valence-electron chi connectivity index (χ0n) is 9.31. The molecular weight excluding hydrogens is 218 g/mol. The monoisotopic (exact) mass is 233 g/mol. The molecule has 2 N–H and O–H groups in total. The summed E-state index contributed by atoms with van der Waals surface area (Å²) in [6, 6.07) is 4.47. The molecule has 0 spiro atoms. The predicted molar refractivity (Wildman–Crippen MR) is 66.6 cm³/mol. The Morgan fingerprint density at radius 2 is 2.44 bits per heavy atom. The summed E-state index contributed by atoms with van der Waals surface area (Å²) >= 11 is 1.74. The zero-order valence-corrected chi connectivity index (χ0v) is 10.1. The van der Waals surface area contributed by atoms with Crippen LogP contribution in [0.1, 0.15) is 17.8 Å². The first-order chi connectivity index (χ1) is 7.75. The Morgan fingerprint density at radius 1 is 1.56 bits per heavy atom. The number of imidazole rings is 1. The molecule has 0 saturated heterocycles. The molecule has 0 aliphatic carbocycles. The minimum Gasteiger partial charge on any atom is -0.326 e. The van der Waals surface area contributed by atoms with Crippen molar-refractivity contribution in [2.45, 2.75) is 32.4 Å². The second-order valence-corrected chi connectivity index (χ2v) is 5.30. The summed E-state index contributed by atoms with van der Waals surface area (Å²) in [5, 5.41) is 2.09. The van der Waals surface area contributed by atoms with E-state index >= 15 is 0 Å². The standard InChI is InChI=1S/C12H15N3S/c1-8-10-5-4-9(13)7-15(10)12(14-8)11-3-2-6-16-11/h2-3,6,9H,4-5,7,13H2,1H3. The van der Waals surface area contributed by atoms with Gasteiger partial charge >= 0.3 is 0 Å². The number of aromatic nitrogens is 2. The second-order valence-electron chi connectivity index (χ2n) is 4.35. The van der Waals surface area contributed by atoms with Crippen molar-refractivity contribution >= 4 is 11.3 Å². The van der Waals surface area contributed by atoms with E-state index in [9.17, 15) is 0 Å². The van der Waals surface area contributed by atoms with Crippen molar-refractivity contribution in [2.24, 2.45) is 5.73 Å². The van der Waals surface area contributed by atoms with Gasteiger partial charge in [0.25, 0.3) is 0 Å². The van der Waals surface area contributed by atoms with E-state index in [2.05, 4.69) is 34.0 Å². The number of rotatable bonds is 1. The molecule has 1 unspecified atom stereocenters. The number of hydrogen-bond acceptors (Lipinski definition) is 3. The van der Waals surface area contributed by atoms with Crippen LogP contribution in [0.15, 0.2) is 17.5 Å². The Balaban J connectivity index is 2.13. The molecule has 3 rings (SSSR count). The van der Waals surface area contributed by atoms with Gasteiger partial charge in [0.1, 0.15) is 0 Å². The van der Waals surface area contributed by atoms with Crippen LogP contribution in [0.2, 0.25) is 0 Å². The van der Waals surface area contributed by atoms with Gasteiger partial charge in [-0.2, -0.15) is 0 Å². The molecule has 3 heterocycles. The first-order valence-electron chi connectivity index (χ1n) is 5.61. The summed E-state index contributed by atoms with van der Waals surface area (Å²) in [7, 11) is 0. The van der Waals surface area contributed by atoms with Gasteiger partial charge in [0.2, 0.25) is 0 Å². The summed E-state index contributed by atoms with van der Waals surface area (Å²) < 4.78 is 2.30. The molecule has 0 bridgehead atoms. The number of aryl methyl sites for hydroxylation is 1. The van der Waals surface area contributed by atoms with Crippen molar-refractivity contribution in [3.63, 3.8) is 0 Å². The lowest BCUT2D eigenvalue weighted by Crippen LogP contribution is -2.32. The van der Waals surface area contributed by atoms with Crippen LogP contribution < -0.4 is 5.73 Å². The summed E-state index contributed by atoms with van der Waals surface area (Å²) in [5.41, 5.74) is 8.56. The first kappa shape index (κ1) is 10.1. The van der Waals surface area contributed by atoms with Gasteiger partial charge in [0.05, 0.1) is 10.6 Å². The van der Waals surface area contributed by atoms with Gasteiger partial charge in [0, 0.05) is 18.3 Å². The highest BCUT2D eigenvalue weighted by Gasteiger charge is 2.22. The lowest BCUT2D eigenvalue weighted by atomic mass is 10.0. The van der Waals surface area contributed by atoms with E-state index in [0.717, 1.165) is 30.9 Å². The fraction of sp³-hybridized carbons (Fsp3) is 0.417. The summed E-state index contributed by atoms with van der Waals surface area (Å²) in [4.78, 5) is 5.93. The quantitative estimate of drug-likeness (QED) is 0.820. The van der Waals surface area contributed by atoms with Gasteiger partial charge < -0.3 is 10.3 Å². The van der Waals surface area contributed by atoms with Crippen LogP contribution in [-0.4, -0.2) is 15.6 Å². The van der Waals surface area contributed by atoms with Gasteiger partial charge in [-0.05, 0) is 31.2 Å². The molecule has 2 aromatic rings. The molecule has 84 valence electrons. The van der Waals surface area contributed by atoms with Crippen molar-refractivity contribution in [1.29, 1.82) is 0 Å². The number of thiophene rings is 1. The Labute approximate surface area is 98.9 Å². The highest BCUT2D eigenvalue weighted by molar-refractivity contribution is 7.13. The van der Waals surface area contributed by atoms with Crippen LogP contribution in [-0.2, 0) is 13.0 Å². The first-order valence-corrected chi connectivity index (χ1v) is 6.49. The van der Waals surface area contributed by atoms with E-state index < -0.39 is 0 Å². The molecule has 1 aliphatic heterocycles. The minimum atomic E-state index is 0.278. The summed E-state index contributed by atoms with van der Waals surface area (Å²) in [5.74, 6) is 1.10. The lowest BCUT2D eigenvalue weighted by molar-refractivity contribution is 0.462. The van der Waals surface area contributed by atoms with Gasteiger partial charge in [-0.3, -0.25) is 0 Å². The average molecular weight is 233 g/mol. The average Bonchev–Trinajstić information content (AvgIpc) is 2.86. The third-order valence-electron chi connectivity index (χ3n) is 3.18. The molecule has 3 nitrogen and oxygen atoms in total. The van der Waals surface area contributed by atoms with E-state index in [4.69, 9.17) is 5.73 Å². The molecule has 0 saturated carbocycles. The molecule has 16 heavy (non-hydrogen) atoms. The van der Waals surface area contributed by atoms with Crippen LogP contribution in [0.5, 0.6) is 0 Å². The van der Waals surface area contributed by atoms with E-state index in [-0.39, 0.29) is 6.04 Å². The van der Waals surface area contributed by atoms with Gasteiger partial charge in [-0.1, -0.05) is 6.07 Å². The maximum Gasteiger partial charge on any atom is 0.150 e. The van der Waals surface area contributed by atoms with Crippen molar-refractivity contribution < 1.29 is 0 Å². The Morgan fingerprint density at radius 3 is 3.19 bits per heavy atom. The molecule has 0 amide bonds. The van der Waals surface area contributed by atoms with E-state index in [1.54, 1.807) is 11.3 Å². The van der Waals surface area contributed by atoms with E-state index in [1.807, 2.05) is 0 Å². The maximum atomic E-state index is 6.04. The Kier molecular flexibility index (Phi) is 2.33. The molecule has 0 radical (unpaired) electrons. The Hall–Kier alpha value is -1.13.